The summed E-state index contributed by atoms with van der Waals surface area (Å²) in [5, 5.41) is 0. The summed E-state index contributed by atoms with van der Waals surface area (Å²) in [4.78, 5) is 18.1. The zero-order chi connectivity index (χ0) is 15.6. The second-order valence-electron chi connectivity index (χ2n) is 4.83. The van der Waals surface area contributed by atoms with Crippen molar-refractivity contribution in [1.82, 2.24) is 9.55 Å². The van der Waals surface area contributed by atoms with Crippen LogP contribution in [0.4, 0.5) is 11.5 Å². The number of carbonyl (C=O) groups excluding carboxylic acids is 1. The first-order valence-corrected chi connectivity index (χ1v) is 6.76. The highest BCUT2D eigenvalue weighted by Crippen LogP contribution is 2.28. The molecule has 0 atom stereocenters. The number of rotatable bonds is 4. The van der Waals surface area contributed by atoms with Gasteiger partial charge in [-0.1, -0.05) is 12.1 Å². The van der Waals surface area contributed by atoms with Crippen LogP contribution in [0.15, 0.2) is 24.3 Å². The number of nitrogen functional groups attached to an aromatic ring is 1. The number of hydrogen-bond acceptors (Lipinski definition) is 5. The SMILES string of the molecule is CCOC(=O)c1nc(C)n(-c2ccccc2N(C)C)c1N. The number of imidazole rings is 1. The number of nitrogens with zero attached hydrogens (tertiary/aromatic N) is 3. The molecule has 0 unspecified atom stereocenters. The van der Waals surface area contributed by atoms with Crippen molar-refractivity contribution in [3.05, 3.63) is 35.8 Å². The largest absolute Gasteiger partial charge is 0.461 e. The van der Waals surface area contributed by atoms with Gasteiger partial charge in [0.25, 0.3) is 0 Å². The third-order valence-corrected chi connectivity index (χ3v) is 3.15. The molecule has 2 N–H and O–H groups in total. The van der Waals surface area contributed by atoms with Crippen LogP contribution in [0.1, 0.15) is 23.2 Å². The average Bonchev–Trinajstić information content (AvgIpc) is 2.74. The van der Waals surface area contributed by atoms with E-state index in [1.165, 1.54) is 0 Å². The Morgan fingerprint density at radius 3 is 2.67 bits per heavy atom. The molecule has 0 amide bonds. The van der Waals surface area contributed by atoms with Crippen LogP contribution in [0.5, 0.6) is 0 Å². The van der Waals surface area contributed by atoms with Gasteiger partial charge in [0.05, 0.1) is 18.0 Å². The predicted molar refractivity (Wildman–Crippen MR) is 83.0 cm³/mol. The molecule has 1 heterocycles. The van der Waals surface area contributed by atoms with E-state index < -0.39 is 5.97 Å². The van der Waals surface area contributed by atoms with Gasteiger partial charge in [-0.05, 0) is 26.0 Å². The minimum atomic E-state index is -0.501. The number of nitrogens with two attached hydrogens (primary N) is 1. The molecule has 0 fully saturated rings. The molecule has 6 heteroatoms. The van der Waals surface area contributed by atoms with Gasteiger partial charge in [0.15, 0.2) is 5.69 Å². The molecule has 0 radical (unpaired) electrons. The normalized spacial score (nSPS) is 10.5. The summed E-state index contributed by atoms with van der Waals surface area (Å²) in [6.07, 6.45) is 0. The third kappa shape index (κ3) is 2.69. The van der Waals surface area contributed by atoms with Gasteiger partial charge in [-0.15, -0.1) is 0 Å². The fourth-order valence-corrected chi connectivity index (χ4v) is 2.23. The van der Waals surface area contributed by atoms with Crippen LogP contribution < -0.4 is 10.6 Å². The maximum atomic E-state index is 11.9. The summed E-state index contributed by atoms with van der Waals surface area (Å²) >= 11 is 0. The average molecular weight is 288 g/mol. The van der Waals surface area contributed by atoms with Crippen molar-refractivity contribution in [2.75, 3.05) is 31.3 Å². The monoisotopic (exact) mass is 288 g/mol. The van der Waals surface area contributed by atoms with E-state index in [0.717, 1.165) is 11.4 Å². The molecule has 2 aromatic rings. The Kier molecular flexibility index (Phi) is 4.16. The van der Waals surface area contributed by atoms with Crippen LogP contribution in [0.3, 0.4) is 0 Å². The van der Waals surface area contributed by atoms with Crippen molar-refractivity contribution in [1.29, 1.82) is 0 Å². The molecule has 0 aliphatic heterocycles. The number of benzene rings is 1. The Morgan fingerprint density at radius 1 is 1.38 bits per heavy atom. The molecular formula is C15H20N4O2. The first-order chi connectivity index (χ1) is 9.97. The number of hydrogen-bond donors (Lipinski definition) is 1. The van der Waals surface area contributed by atoms with Crippen LogP contribution in [-0.2, 0) is 4.74 Å². The fourth-order valence-electron chi connectivity index (χ4n) is 2.23. The summed E-state index contributed by atoms with van der Waals surface area (Å²) in [7, 11) is 3.90. The van der Waals surface area contributed by atoms with Gasteiger partial charge in [0.2, 0.25) is 0 Å². The Bertz CT molecular complexity index is 662. The second kappa shape index (κ2) is 5.87. The van der Waals surface area contributed by atoms with E-state index in [9.17, 15) is 4.79 Å². The van der Waals surface area contributed by atoms with Crippen LogP contribution in [-0.4, -0.2) is 36.2 Å². The summed E-state index contributed by atoms with van der Waals surface area (Å²) < 4.78 is 6.75. The number of aryl methyl sites for hydroxylation is 1. The molecule has 1 aromatic heterocycles. The van der Waals surface area contributed by atoms with E-state index in [-0.39, 0.29) is 5.69 Å². The highest BCUT2D eigenvalue weighted by Gasteiger charge is 2.21. The second-order valence-corrected chi connectivity index (χ2v) is 4.83. The van der Waals surface area contributed by atoms with Crippen LogP contribution in [0.25, 0.3) is 5.69 Å². The summed E-state index contributed by atoms with van der Waals surface area (Å²) in [5.74, 6) is 0.435. The molecule has 0 aliphatic rings. The van der Waals surface area contributed by atoms with Crippen molar-refractivity contribution < 1.29 is 9.53 Å². The third-order valence-electron chi connectivity index (χ3n) is 3.15. The Hall–Kier alpha value is -2.50. The molecule has 2 rings (SSSR count). The van der Waals surface area contributed by atoms with Gasteiger partial charge in [-0.3, -0.25) is 4.57 Å². The molecule has 1 aromatic carbocycles. The lowest BCUT2D eigenvalue weighted by atomic mass is 10.2. The molecule has 0 saturated heterocycles. The maximum absolute atomic E-state index is 11.9. The van der Waals surface area contributed by atoms with Crippen LogP contribution in [0.2, 0.25) is 0 Å². The number of anilines is 2. The van der Waals surface area contributed by atoms with Gasteiger partial charge in [0.1, 0.15) is 11.6 Å². The number of para-hydroxylation sites is 2. The van der Waals surface area contributed by atoms with E-state index in [2.05, 4.69) is 4.98 Å². The van der Waals surface area contributed by atoms with Crippen molar-refractivity contribution in [3.8, 4) is 5.69 Å². The Morgan fingerprint density at radius 2 is 2.05 bits per heavy atom. The quantitative estimate of drug-likeness (QED) is 0.871. The van der Waals surface area contributed by atoms with Gasteiger partial charge >= 0.3 is 5.97 Å². The van der Waals surface area contributed by atoms with Gasteiger partial charge in [-0.25, -0.2) is 9.78 Å². The van der Waals surface area contributed by atoms with Crippen LogP contribution in [0, 0.1) is 6.92 Å². The molecule has 0 saturated carbocycles. The van der Waals surface area contributed by atoms with E-state index in [1.807, 2.05) is 50.2 Å². The summed E-state index contributed by atoms with van der Waals surface area (Å²) in [6.45, 7) is 3.85. The highest BCUT2D eigenvalue weighted by molar-refractivity contribution is 5.93. The van der Waals surface area contributed by atoms with Crippen molar-refractivity contribution in [2.45, 2.75) is 13.8 Å². The minimum absolute atomic E-state index is 0.155. The lowest BCUT2D eigenvalue weighted by Gasteiger charge is -2.19. The summed E-state index contributed by atoms with van der Waals surface area (Å²) in [5.41, 5.74) is 8.13. The first-order valence-electron chi connectivity index (χ1n) is 6.76. The molecule has 21 heavy (non-hydrogen) atoms. The van der Waals surface area contributed by atoms with Crippen LogP contribution >= 0.6 is 0 Å². The van der Waals surface area contributed by atoms with E-state index in [1.54, 1.807) is 11.5 Å². The van der Waals surface area contributed by atoms with Crippen molar-refractivity contribution in [2.24, 2.45) is 0 Å². The molecule has 0 spiro atoms. The first kappa shape index (κ1) is 14.9. The van der Waals surface area contributed by atoms with Gasteiger partial charge < -0.3 is 15.4 Å². The lowest BCUT2D eigenvalue weighted by molar-refractivity contribution is 0.0521. The zero-order valence-corrected chi connectivity index (χ0v) is 12.8. The van der Waals surface area contributed by atoms with E-state index in [4.69, 9.17) is 10.5 Å². The highest BCUT2D eigenvalue weighted by atomic mass is 16.5. The molecular weight excluding hydrogens is 268 g/mol. The topological polar surface area (TPSA) is 73.4 Å². The standard InChI is InChI=1S/C15H20N4O2/c1-5-21-15(20)13-14(16)19(10(2)17-13)12-9-7-6-8-11(12)18(3)4/h6-9H,5,16H2,1-4H3. The molecule has 0 aliphatic carbocycles. The summed E-state index contributed by atoms with van der Waals surface area (Å²) in [6, 6.07) is 7.80. The van der Waals surface area contributed by atoms with Crippen molar-refractivity contribution in [3.63, 3.8) is 0 Å². The van der Waals surface area contributed by atoms with Gasteiger partial charge in [-0.2, -0.15) is 0 Å². The molecule has 6 nitrogen and oxygen atoms in total. The Labute approximate surface area is 124 Å². The van der Waals surface area contributed by atoms with E-state index in [0.29, 0.717) is 18.2 Å². The number of carbonyl (C=O) groups is 1. The smallest absolute Gasteiger partial charge is 0.360 e. The van der Waals surface area contributed by atoms with Crippen molar-refractivity contribution >= 4 is 17.5 Å². The van der Waals surface area contributed by atoms with Gasteiger partial charge in [0, 0.05) is 14.1 Å². The molecule has 0 bridgehead atoms. The number of esters is 1. The molecule has 112 valence electrons. The number of ether oxygens (including phenoxy) is 1. The zero-order valence-electron chi connectivity index (χ0n) is 12.8. The minimum Gasteiger partial charge on any atom is -0.461 e. The lowest BCUT2D eigenvalue weighted by Crippen LogP contribution is -2.14. The fraction of sp³-hybridized carbons (Fsp3) is 0.333. The predicted octanol–water partition coefficient (Wildman–Crippen LogP) is 2.01. The maximum Gasteiger partial charge on any atom is 0.360 e. The Balaban J connectivity index is 2.58. The van der Waals surface area contributed by atoms with E-state index >= 15 is 0 Å². The number of aromatic nitrogens is 2.